The molecule has 192 valence electrons. The highest BCUT2D eigenvalue weighted by atomic mass is 32.2. The Morgan fingerprint density at radius 2 is 1.73 bits per heavy atom. The van der Waals surface area contributed by atoms with Gasteiger partial charge in [0.15, 0.2) is 0 Å². The fraction of sp³-hybridized carbons (Fsp3) is 0.345. The van der Waals surface area contributed by atoms with Gasteiger partial charge in [0.1, 0.15) is 5.52 Å². The molecule has 0 aliphatic carbocycles. The maximum Gasteiger partial charge on any atom is 0.275 e. The van der Waals surface area contributed by atoms with Gasteiger partial charge >= 0.3 is 0 Å². The Labute approximate surface area is 217 Å². The summed E-state index contributed by atoms with van der Waals surface area (Å²) in [7, 11) is -2.33. The van der Waals surface area contributed by atoms with Crippen molar-refractivity contribution >= 4 is 20.9 Å². The molecule has 0 saturated carbocycles. The number of likely N-dealkylation sites (tertiary alicyclic amines) is 1. The van der Waals surface area contributed by atoms with Crippen molar-refractivity contribution < 1.29 is 13.2 Å². The molecule has 4 aromatic rings. The van der Waals surface area contributed by atoms with E-state index >= 15 is 0 Å². The minimum Gasteiger partial charge on any atom is -0.380 e. The number of piperidine rings is 1. The fourth-order valence-corrected chi connectivity index (χ4v) is 6.87. The van der Waals surface area contributed by atoms with Crippen molar-refractivity contribution in [3.8, 4) is 11.1 Å². The summed E-state index contributed by atoms with van der Waals surface area (Å²) in [5, 5.41) is 0.626. The number of nitrogens with zero attached hydrogens (tertiary/aromatic N) is 3. The first kappa shape index (κ1) is 24.2. The van der Waals surface area contributed by atoms with Gasteiger partial charge in [-0.05, 0) is 68.2 Å². The van der Waals surface area contributed by atoms with E-state index in [2.05, 4.69) is 17.0 Å². The molecule has 1 spiro atoms. The van der Waals surface area contributed by atoms with Crippen molar-refractivity contribution in [2.24, 2.45) is 12.5 Å². The number of aromatic nitrogens is 2. The summed E-state index contributed by atoms with van der Waals surface area (Å²) in [6.07, 6.45) is 5.62. The van der Waals surface area contributed by atoms with E-state index in [1.807, 2.05) is 25.1 Å². The minimum atomic E-state index is -3.96. The molecule has 2 aromatic heterocycles. The molecule has 2 saturated heterocycles. The molecule has 4 heterocycles. The Morgan fingerprint density at radius 1 is 1.00 bits per heavy atom. The first-order chi connectivity index (χ1) is 17.8. The fourth-order valence-electron chi connectivity index (χ4n) is 5.50. The molecular formula is C29H31N3O4S. The molecule has 2 aromatic carbocycles. The van der Waals surface area contributed by atoms with Gasteiger partial charge in [-0.3, -0.25) is 9.69 Å². The molecule has 0 N–H and O–H groups in total. The lowest BCUT2D eigenvalue weighted by molar-refractivity contribution is -0.140. The third-order valence-electron chi connectivity index (χ3n) is 7.95. The van der Waals surface area contributed by atoms with Crippen molar-refractivity contribution in [2.45, 2.75) is 31.2 Å². The summed E-state index contributed by atoms with van der Waals surface area (Å²) < 4.78 is 35.4. The average molecular weight is 518 g/mol. The van der Waals surface area contributed by atoms with Crippen LogP contribution in [0.2, 0.25) is 0 Å². The number of pyridine rings is 1. The van der Waals surface area contributed by atoms with E-state index < -0.39 is 10.0 Å². The number of rotatable bonds is 5. The lowest BCUT2D eigenvalue weighted by Crippen LogP contribution is -2.50. The van der Waals surface area contributed by atoms with Gasteiger partial charge in [-0.15, -0.1) is 0 Å². The molecule has 6 rings (SSSR count). The SMILES string of the molecule is Cc1ccc(S(=O)(=O)n2cc(-c3cccc(CN4CCC5(CC4)COC5)c3)c3ccn(C)c(=O)c32)cc1. The number of hydrogen-bond acceptors (Lipinski definition) is 5. The van der Waals surface area contributed by atoms with Crippen LogP contribution >= 0.6 is 0 Å². The van der Waals surface area contributed by atoms with E-state index in [-0.39, 0.29) is 16.0 Å². The van der Waals surface area contributed by atoms with Crippen LogP contribution < -0.4 is 5.56 Å². The number of ether oxygens (including phenoxy) is 1. The van der Waals surface area contributed by atoms with Crippen molar-refractivity contribution in [3.63, 3.8) is 0 Å². The summed E-state index contributed by atoms with van der Waals surface area (Å²) in [4.78, 5) is 15.8. The zero-order chi connectivity index (χ0) is 25.8. The quantitative estimate of drug-likeness (QED) is 0.397. The summed E-state index contributed by atoms with van der Waals surface area (Å²) in [6, 6.07) is 16.7. The normalized spacial score (nSPS) is 17.8. The van der Waals surface area contributed by atoms with Crippen LogP contribution in [-0.2, 0) is 28.4 Å². The van der Waals surface area contributed by atoms with E-state index in [1.54, 1.807) is 43.7 Å². The van der Waals surface area contributed by atoms with Crippen LogP contribution in [0, 0.1) is 12.3 Å². The molecule has 0 radical (unpaired) electrons. The number of aryl methyl sites for hydroxylation is 2. The van der Waals surface area contributed by atoms with Crippen LogP contribution in [0.25, 0.3) is 22.0 Å². The molecule has 2 aliphatic rings. The van der Waals surface area contributed by atoms with Crippen molar-refractivity contribution in [1.82, 2.24) is 13.4 Å². The third kappa shape index (κ3) is 4.23. The van der Waals surface area contributed by atoms with E-state index in [4.69, 9.17) is 4.74 Å². The average Bonchev–Trinajstić information content (AvgIpc) is 3.28. The molecule has 7 nitrogen and oxygen atoms in total. The topological polar surface area (TPSA) is 73.5 Å². The number of hydrogen-bond donors (Lipinski definition) is 0. The summed E-state index contributed by atoms with van der Waals surface area (Å²) in [6.45, 7) is 6.64. The highest BCUT2D eigenvalue weighted by molar-refractivity contribution is 7.90. The summed E-state index contributed by atoms with van der Waals surface area (Å²) >= 11 is 0. The third-order valence-corrected chi connectivity index (χ3v) is 9.63. The van der Waals surface area contributed by atoms with Gasteiger partial charge < -0.3 is 9.30 Å². The van der Waals surface area contributed by atoms with E-state index in [9.17, 15) is 13.2 Å². The zero-order valence-corrected chi connectivity index (χ0v) is 22.0. The van der Waals surface area contributed by atoms with E-state index in [0.29, 0.717) is 10.8 Å². The standard InChI is InChI=1S/C29H31N3O4S/c1-21-6-8-24(9-7-21)37(34,35)32-18-26(25-10-13-30(2)28(33)27(25)32)23-5-3-4-22(16-23)17-31-14-11-29(12-15-31)19-36-20-29/h3-10,13,16,18H,11-12,14-15,17,19-20H2,1-2H3. The Balaban J connectivity index is 1.39. The van der Waals surface area contributed by atoms with Crippen LogP contribution in [0.3, 0.4) is 0 Å². The van der Waals surface area contributed by atoms with Crippen molar-refractivity contribution in [1.29, 1.82) is 0 Å². The van der Waals surface area contributed by atoms with Gasteiger partial charge in [0.25, 0.3) is 15.6 Å². The monoisotopic (exact) mass is 517 g/mol. The van der Waals surface area contributed by atoms with E-state index in [1.165, 1.54) is 23.0 Å². The van der Waals surface area contributed by atoms with Crippen LogP contribution in [0.1, 0.15) is 24.0 Å². The first-order valence-corrected chi connectivity index (χ1v) is 14.1. The maximum atomic E-state index is 13.7. The highest BCUT2D eigenvalue weighted by Gasteiger charge is 2.41. The molecule has 37 heavy (non-hydrogen) atoms. The highest BCUT2D eigenvalue weighted by Crippen LogP contribution is 2.39. The molecule has 8 heteroatoms. The molecule has 2 fully saturated rings. The minimum absolute atomic E-state index is 0.154. The van der Waals surface area contributed by atoms with Crippen LogP contribution in [-0.4, -0.2) is 48.2 Å². The Morgan fingerprint density at radius 3 is 2.41 bits per heavy atom. The number of benzene rings is 2. The molecular weight excluding hydrogens is 486 g/mol. The van der Waals surface area contributed by atoms with Crippen molar-refractivity contribution in [3.05, 3.63) is 88.5 Å². The Hall–Kier alpha value is -3.20. The van der Waals surface area contributed by atoms with Gasteiger partial charge in [-0.25, -0.2) is 12.4 Å². The molecule has 0 unspecified atom stereocenters. The van der Waals surface area contributed by atoms with Gasteiger partial charge in [0.2, 0.25) is 0 Å². The predicted molar refractivity (Wildman–Crippen MR) is 144 cm³/mol. The van der Waals surface area contributed by atoms with Gasteiger partial charge in [-0.1, -0.05) is 35.9 Å². The largest absolute Gasteiger partial charge is 0.380 e. The van der Waals surface area contributed by atoms with Gasteiger partial charge in [0.05, 0.1) is 18.1 Å². The molecule has 0 bridgehead atoms. The second kappa shape index (κ2) is 8.97. The lowest BCUT2D eigenvalue weighted by atomic mass is 9.77. The second-order valence-electron chi connectivity index (χ2n) is 10.6. The maximum absolute atomic E-state index is 13.7. The molecule has 0 amide bonds. The van der Waals surface area contributed by atoms with E-state index in [0.717, 1.165) is 53.5 Å². The summed E-state index contributed by atoms with van der Waals surface area (Å²) in [5.74, 6) is 0. The first-order valence-electron chi connectivity index (χ1n) is 12.7. The van der Waals surface area contributed by atoms with Crippen LogP contribution in [0.15, 0.2) is 76.7 Å². The van der Waals surface area contributed by atoms with Crippen LogP contribution in [0.5, 0.6) is 0 Å². The molecule has 2 aliphatic heterocycles. The summed E-state index contributed by atoms with van der Waals surface area (Å²) in [5.41, 5.74) is 3.98. The predicted octanol–water partition coefficient (Wildman–Crippen LogP) is 4.16. The number of fused-ring (bicyclic) bond motifs is 1. The Bertz CT molecular complexity index is 1640. The molecule has 0 atom stereocenters. The van der Waals surface area contributed by atoms with Crippen LogP contribution in [0.4, 0.5) is 0 Å². The van der Waals surface area contributed by atoms with Crippen molar-refractivity contribution in [2.75, 3.05) is 26.3 Å². The second-order valence-corrected chi connectivity index (χ2v) is 12.4. The van der Waals surface area contributed by atoms with Gasteiger partial charge in [-0.2, -0.15) is 0 Å². The lowest BCUT2D eigenvalue weighted by Gasteiger charge is -2.47. The smallest absolute Gasteiger partial charge is 0.275 e. The zero-order valence-electron chi connectivity index (χ0n) is 21.2. The Kier molecular flexibility index (Phi) is 5.86. The van der Waals surface area contributed by atoms with Gasteiger partial charge in [0, 0.05) is 42.4 Å².